The molecule has 2 rings (SSSR count). The highest BCUT2D eigenvalue weighted by Crippen LogP contribution is 2.24. The fourth-order valence-corrected chi connectivity index (χ4v) is 2.84. The first-order valence-corrected chi connectivity index (χ1v) is 7.29. The van der Waals surface area contributed by atoms with Crippen LogP contribution in [-0.2, 0) is 4.79 Å². The second kappa shape index (κ2) is 6.35. The van der Waals surface area contributed by atoms with Crippen LogP contribution in [0.1, 0.15) is 36.0 Å². The van der Waals surface area contributed by atoms with E-state index in [1.807, 2.05) is 0 Å². The normalized spacial score (nSPS) is 19.5. The number of carbonyl (C=O) groups is 2. The van der Waals surface area contributed by atoms with Crippen molar-refractivity contribution in [3.05, 3.63) is 34.1 Å². The second-order valence-corrected chi connectivity index (χ2v) is 5.68. The molecule has 1 aliphatic heterocycles. The van der Waals surface area contributed by atoms with Crippen molar-refractivity contribution >= 4 is 27.8 Å². The summed E-state index contributed by atoms with van der Waals surface area (Å²) < 4.78 is 13.8. The second-order valence-electron chi connectivity index (χ2n) is 4.83. The van der Waals surface area contributed by atoms with E-state index in [2.05, 4.69) is 15.9 Å². The number of rotatable bonds is 2. The number of carboxylic acid groups (broad SMARTS) is 1. The molecule has 1 atom stereocenters. The molecule has 6 heteroatoms. The molecule has 20 heavy (non-hydrogen) atoms. The molecule has 1 fully saturated rings. The lowest BCUT2D eigenvalue weighted by atomic mass is 10.1. The molecule has 0 radical (unpaired) electrons. The average Bonchev–Trinajstić information content (AvgIpc) is 2.66. The largest absolute Gasteiger partial charge is 0.480 e. The maximum Gasteiger partial charge on any atom is 0.326 e. The van der Waals surface area contributed by atoms with E-state index in [0.29, 0.717) is 17.4 Å². The van der Waals surface area contributed by atoms with Gasteiger partial charge in [0.15, 0.2) is 0 Å². The Labute approximate surface area is 124 Å². The molecule has 1 unspecified atom stereocenters. The standard InChI is InChI=1S/C14H15BrFNO3/c15-11-6-5-9(16)8-10(11)13(18)17-7-3-1-2-4-12(17)14(19)20/h5-6,8,12H,1-4,7H2,(H,19,20). The molecular weight excluding hydrogens is 329 g/mol. The lowest BCUT2D eigenvalue weighted by Gasteiger charge is -2.27. The molecule has 1 N–H and O–H groups in total. The molecule has 1 aromatic rings. The van der Waals surface area contributed by atoms with Gasteiger partial charge in [0.1, 0.15) is 11.9 Å². The van der Waals surface area contributed by atoms with Crippen LogP contribution in [-0.4, -0.2) is 34.5 Å². The van der Waals surface area contributed by atoms with Crippen molar-refractivity contribution in [3.63, 3.8) is 0 Å². The van der Waals surface area contributed by atoms with Crippen LogP contribution in [0.3, 0.4) is 0 Å². The fraction of sp³-hybridized carbons (Fsp3) is 0.429. The Hall–Kier alpha value is -1.43. The van der Waals surface area contributed by atoms with Crippen molar-refractivity contribution in [1.29, 1.82) is 0 Å². The summed E-state index contributed by atoms with van der Waals surface area (Å²) in [5, 5.41) is 9.27. The predicted octanol–water partition coefficient (Wildman–Crippen LogP) is 3.06. The van der Waals surface area contributed by atoms with Gasteiger partial charge in [-0.15, -0.1) is 0 Å². The first kappa shape index (κ1) is 15.0. The molecule has 1 heterocycles. The summed E-state index contributed by atoms with van der Waals surface area (Å²) in [5.74, 6) is -1.96. The van der Waals surface area contributed by atoms with E-state index < -0.39 is 23.7 Å². The molecule has 0 aliphatic carbocycles. The van der Waals surface area contributed by atoms with Gasteiger partial charge < -0.3 is 10.0 Å². The Morgan fingerprint density at radius 1 is 1.30 bits per heavy atom. The van der Waals surface area contributed by atoms with E-state index in [-0.39, 0.29) is 5.56 Å². The molecule has 1 saturated heterocycles. The fourth-order valence-electron chi connectivity index (χ4n) is 2.42. The number of halogens is 2. The molecule has 0 spiro atoms. The number of carbonyl (C=O) groups excluding carboxylic acids is 1. The highest BCUT2D eigenvalue weighted by Gasteiger charge is 2.32. The predicted molar refractivity (Wildman–Crippen MR) is 75.0 cm³/mol. The van der Waals surface area contributed by atoms with E-state index >= 15 is 0 Å². The Morgan fingerprint density at radius 3 is 2.75 bits per heavy atom. The van der Waals surface area contributed by atoms with E-state index in [1.165, 1.54) is 17.0 Å². The zero-order valence-corrected chi connectivity index (χ0v) is 12.4. The lowest BCUT2D eigenvalue weighted by molar-refractivity contribution is -0.142. The van der Waals surface area contributed by atoms with Crippen LogP contribution in [0.15, 0.2) is 22.7 Å². The zero-order chi connectivity index (χ0) is 14.7. The maximum absolute atomic E-state index is 13.3. The quantitative estimate of drug-likeness (QED) is 0.897. The molecule has 1 aromatic carbocycles. The smallest absolute Gasteiger partial charge is 0.326 e. The maximum atomic E-state index is 13.3. The third kappa shape index (κ3) is 3.17. The van der Waals surface area contributed by atoms with Crippen LogP contribution in [0.4, 0.5) is 4.39 Å². The topological polar surface area (TPSA) is 57.6 Å². The van der Waals surface area contributed by atoms with Crippen LogP contribution in [0.25, 0.3) is 0 Å². The van der Waals surface area contributed by atoms with Crippen LogP contribution in [0.2, 0.25) is 0 Å². The van der Waals surface area contributed by atoms with Crippen molar-refractivity contribution in [2.45, 2.75) is 31.7 Å². The van der Waals surface area contributed by atoms with Crippen LogP contribution in [0, 0.1) is 5.82 Å². The Morgan fingerprint density at radius 2 is 2.05 bits per heavy atom. The van der Waals surface area contributed by atoms with E-state index in [9.17, 15) is 19.1 Å². The number of nitrogens with zero attached hydrogens (tertiary/aromatic N) is 1. The number of hydrogen-bond donors (Lipinski definition) is 1. The third-order valence-electron chi connectivity index (χ3n) is 3.46. The van der Waals surface area contributed by atoms with Gasteiger partial charge in [-0.2, -0.15) is 0 Å². The highest BCUT2D eigenvalue weighted by molar-refractivity contribution is 9.10. The van der Waals surface area contributed by atoms with Gasteiger partial charge >= 0.3 is 5.97 Å². The SMILES string of the molecule is O=C(O)C1CCCCCN1C(=O)c1cc(F)ccc1Br. The molecule has 1 amide bonds. The molecule has 0 bridgehead atoms. The Bertz CT molecular complexity index is 535. The van der Waals surface area contributed by atoms with Crippen molar-refractivity contribution in [1.82, 2.24) is 4.90 Å². The molecule has 1 aliphatic rings. The van der Waals surface area contributed by atoms with Gasteiger partial charge in [-0.3, -0.25) is 4.79 Å². The minimum Gasteiger partial charge on any atom is -0.480 e. The Kier molecular flexibility index (Phi) is 4.75. The first-order valence-electron chi connectivity index (χ1n) is 6.49. The summed E-state index contributed by atoms with van der Waals surface area (Å²) in [6.45, 7) is 0.388. The van der Waals surface area contributed by atoms with Crippen LogP contribution < -0.4 is 0 Å². The van der Waals surface area contributed by atoms with E-state index in [0.717, 1.165) is 25.3 Å². The first-order chi connectivity index (χ1) is 9.50. The number of carboxylic acids is 1. The summed E-state index contributed by atoms with van der Waals surface area (Å²) in [7, 11) is 0. The van der Waals surface area contributed by atoms with Crippen molar-refractivity contribution < 1.29 is 19.1 Å². The zero-order valence-electron chi connectivity index (χ0n) is 10.8. The van der Waals surface area contributed by atoms with Crippen molar-refractivity contribution in [2.24, 2.45) is 0 Å². The van der Waals surface area contributed by atoms with Gasteiger partial charge in [0.2, 0.25) is 0 Å². The average molecular weight is 344 g/mol. The molecular formula is C14H15BrFNO3. The van der Waals surface area contributed by atoms with Gasteiger partial charge in [-0.05, 0) is 47.0 Å². The van der Waals surface area contributed by atoms with Gasteiger partial charge in [-0.25, -0.2) is 9.18 Å². The van der Waals surface area contributed by atoms with Gasteiger partial charge in [-0.1, -0.05) is 12.8 Å². The molecule has 0 aromatic heterocycles. The monoisotopic (exact) mass is 343 g/mol. The number of hydrogen-bond acceptors (Lipinski definition) is 2. The summed E-state index contributed by atoms with van der Waals surface area (Å²) in [6.07, 6.45) is 2.89. The number of benzene rings is 1. The summed E-state index contributed by atoms with van der Waals surface area (Å²) >= 11 is 3.21. The molecule has 0 saturated carbocycles. The molecule has 108 valence electrons. The van der Waals surface area contributed by atoms with E-state index in [1.54, 1.807) is 0 Å². The minimum absolute atomic E-state index is 0.165. The number of aliphatic carboxylic acids is 1. The van der Waals surface area contributed by atoms with Crippen molar-refractivity contribution in [2.75, 3.05) is 6.54 Å². The van der Waals surface area contributed by atoms with Gasteiger partial charge in [0, 0.05) is 11.0 Å². The minimum atomic E-state index is -1.01. The number of amides is 1. The lowest BCUT2D eigenvalue weighted by Crippen LogP contribution is -2.44. The van der Waals surface area contributed by atoms with Gasteiger partial charge in [0.05, 0.1) is 5.56 Å². The Balaban J connectivity index is 2.33. The van der Waals surface area contributed by atoms with Crippen LogP contribution >= 0.6 is 15.9 Å². The summed E-state index contributed by atoms with van der Waals surface area (Å²) in [5.41, 5.74) is 0.165. The third-order valence-corrected chi connectivity index (χ3v) is 4.15. The summed E-state index contributed by atoms with van der Waals surface area (Å²) in [4.78, 5) is 25.2. The number of likely N-dealkylation sites (tertiary alicyclic amines) is 1. The highest BCUT2D eigenvalue weighted by atomic mass is 79.9. The summed E-state index contributed by atoms with van der Waals surface area (Å²) in [6, 6.07) is 3.00. The van der Waals surface area contributed by atoms with Crippen LogP contribution in [0.5, 0.6) is 0 Å². The van der Waals surface area contributed by atoms with Crippen molar-refractivity contribution in [3.8, 4) is 0 Å². The molecule has 4 nitrogen and oxygen atoms in total. The van der Waals surface area contributed by atoms with E-state index in [4.69, 9.17) is 0 Å². The van der Waals surface area contributed by atoms with Gasteiger partial charge in [0.25, 0.3) is 5.91 Å².